The molecule has 0 radical (unpaired) electrons. The highest BCUT2D eigenvalue weighted by Crippen LogP contribution is 2.30. The first-order chi connectivity index (χ1) is 11.7. The van der Waals surface area contributed by atoms with E-state index in [1.807, 2.05) is 19.1 Å². The van der Waals surface area contributed by atoms with Crippen LogP contribution in [0.3, 0.4) is 0 Å². The third-order valence-corrected chi connectivity index (χ3v) is 4.52. The fourth-order valence-electron chi connectivity index (χ4n) is 3.13. The average Bonchev–Trinajstić information content (AvgIpc) is 3.22. The molecule has 0 amide bonds. The standard InChI is InChI=1S/C18H19N3O3/c1-11-10-12(6-8-14(11)22)7-9-16-19-18(24-20-16)17-13-4-2-3-5-15(13)23-21-17/h6,8,10,22H,2-5,7,9H2,1H3. The van der Waals surface area contributed by atoms with E-state index in [4.69, 9.17) is 9.05 Å². The van der Waals surface area contributed by atoms with Crippen LogP contribution in [0.25, 0.3) is 11.6 Å². The molecular weight excluding hydrogens is 306 g/mol. The minimum Gasteiger partial charge on any atom is -0.508 e. The van der Waals surface area contributed by atoms with E-state index in [1.165, 1.54) is 0 Å². The van der Waals surface area contributed by atoms with Gasteiger partial charge in [-0.15, -0.1) is 0 Å². The Labute approximate surface area is 139 Å². The first kappa shape index (κ1) is 14.9. The first-order valence-electron chi connectivity index (χ1n) is 8.29. The molecule has 2 heterocycles. The number of aryl methyl sites for hydroxylation is 4. The smallest absolute Gasteiger partial charge is 0.280 e. The number of hydrogen-bond acceptors (Lipinski definition) is 6. The van der Waals surface area contributed by atoms with Crippen LogP contribution in [0.1, 0.15) is 41.1 Å². The number of phenolic OH excluding ortho intramolecular Hbond substituents is 1. The molecule has 0 saturated heterocycles. The van der Waals surface area contributed by atoms with Gasteiger partial charge in [0.05, 0.1) is 0 Å². The van der Waals surface area contributed by atoms with Gasteiger partial charge in [0.15, 0.2) is 11.5 Å². The third-order valence-electron chi connectivity index (χ3n) is 4.52. The van der Waals surface area contributed by atoms with Gasteiger partial charge >= 0.3 is 0 Å². The molecule has 1 aromatic carbocycles. The maximum absolute atomic E-state index is 9.58. The number of fused-ring (bicyclic) bond motifs is 1. The number of phenols is 1. The number of rotatable bonds is 4. The van der Waals surface area contributed by atoms with Crippen molar-refractivity contribution in [1.29, 1.82) is 0 Å². The Kier molecular flexibility index (Phi) is 3.80. The molecule has 0 fully saturated rings. The van der Waals surface area contributed by atoms with Crippen molar-refractivity contribution in [3.8, 4) is 17.3 Å². The molecule has 0 spiro atoms. The second kappa shape index (κ2) is 6.11. The number of aromatic hydroxyl groups is 1. The zero-order valence-electron chi connectivity index (χ0n) is 13.6. The Morgan fingerprint density at radius 1 is 1.08 bits per heavy atom. The van der Waals surface area contributed by atoms with Gasteiger partial charge in [0, 0.05) is 18.4 Å². The molecule has 2 aromatic heterocycles. The van der Waals surface area contributed by atoms with Crippen LogP contribution in [-0.2, 0) is 25.7 Å². The van der Waals surface area contributed by atoms with Gasteiger partial charge in [-0.1, -0.05) is 22.4 Å². The SMILES string of the molecule is Cc1cc(CCc2noc(-c3noc4c3CCCC4)n2)ccc1O. The summed E-state index contributed by atoms with van der Waals surface area (Å²) in [5.41, 5.74) is 3.82. The van der Waals surface area contributed by atoms with E-state index in [-0.39, 0.29) is 0 Å². The monoisotopic (exact) mass is 325 g/mol. The molecule has 6 nitrogen and oxygen atoms in total. The van der Waals surface area contributed by atoms with Crippen LogP contribution >= 0.6 is 0 Å². The van der Waals surface area contributed by atoms with E-state index in [1.54, 1.807) is 6.07 Å². The predicted molar refractivity (Wildman–Crippen MR) is 86.7 cm³/mol. The average molecular weight is 325 g/mol. The lowest BCUT2D eigenvalue weighted by Gasteiger charge is -2.07. The molecule has 4 rings (SSSR count). The summed E-state index contributed by atoms with van der Waals surface area (Å²) < 4.78 is 10.8. The summed E-state index contributed by atoms with van der Waals surface area (Å²) in [6, 6.07) is 5.61. The quantitative estimate of drug-likeness (QED) is 0.791. The van der Waals surface area contributed by atoms with Crippen molar-refractivity contribution >= 4 is 0 Å². The van der Waals surface area contributed by atoms with Crippen molar-refractivity contribution in [3.05, 3.63) is 46.5 Å². The molecule has 124 valence electrons. The molecule has 0 saturated carbocycles. The van der Waals surface area contributed by atoms with Gasteiger partial charge in [-0.25, -0.2) is 0 Å². The number of nitrogens with zero attached hydrogens (tertiary/aromatic N) is 3. The largest absolute Gasteiger partial charge is 0.508 e. The highest BCUT2D eigenvalue weighted by Gasteiger charge is 2.24. The van der Waals surface area contributed by atoms with E-state index in [0.29, 0.717) is 29.6 Å². The van der Waals surface area contributed by atoms with Gasteiger partial charge in [0.2, 0.25) is 0 Å². The Balaban J connectivity index is 1.49. The van der Waals surface area contributed by atoms with Crippen molar-refractivity contribution in [2.75, 3.05) is 0 Å². The summed E-state index contributed by atoms with van der Waals surface area (Å²) in [5, 5.41) is 17.8. The Morgan fingerprint density at radius 2 is 1.96 bits per heavy atom. The second-order valence-corrected chi connectivity index (χ2v) is 6.28. The molecule has 1 aliphatic rings. The van der Waals surface area contributed by atoms with Crippen molar-refractivity contribution in [3.63, 3.8) is 0 Å². The van der Waals surface area contributed by atoms with Crippen molar-refractivity contribution in [1.82, 2.24) is 15.3 Å². The van der Waals surface area contributed by atoms with Crippen LogP contribution < -0.4 is 0 Å². The van der Waals surface area contributed by atoms with Gasteiger partial charge in [-0.05, 0) is 49.8 Å². The molecule has 1 N–H and O–H groups in total. The topological polar surface area (TPSA) is 85.2 Å². The van der Waals surface area contributed by atoms with Crippen molar-refractivity contribution < 1.29 is 14.2 Å². The van der Waals surface area contributed by atoms with E-state index < -0.39 is 0 Å². The molecule has 24 heavy (non-hydrogen) atoms. The van der Waals surface area contributed by atoms with Crippen molar-refractivity contribution in [2.24, 2.45) is 0 Å². The minimum absolute atomic E-state index is 0.316. The maximum atomic E-state index is 9.58. The number of benzene rings is 1. The Morgan fingerprint density at radius 3 is 2.83 bits per heavy atom. The summed E-state index contributed by atoms with van der Waals surface area (Å²) in [6.07, 6.45) is 5.64. The zero-order valence-corrected chi connectivity index (χ0v) is 13.6. The fourth-order valence-corrected chi connectivity index (χ4v) is 3.13. The van der Waals surface area contributed by atoms with E-state index >= 15 is 0 Å². The zero-order chi connectivity index (χ0) is 16.5. The summed E-state index contributed by atoms with van der Waals surface area (Å²) >= 11 is 0. The van der Waals surface area contributed by atoms with E-state index in [9.17, 15) is 5.11 Å². The highest BCUT2D eigenvalue weighted by atomic mass is 16.5. The van der Waals surface area contributed by atoms with Gasteiger partial charge in [0.25, 0.3) is 5.89 Å². The molecule has 0 unspecified atom stereocenters. The molecule has 3 aromatic rings. The Hall–Kier alpha value is -2.63. The van der Waals surface area contributed by atoms with Crippen LogP contribution in [0.2, 0.25) is 0 Å². The second-order valence-electron chi connectivity index (χ2n) is 6.28. The lowest BCUT2D eigenvalue weighted by Crippen LogP contribution is -2.00. The summed E-state index contributed by atoms with van der Waals surface area (Å²) in [7, 11) is 0. The maximum Gasteiger partial charge on any atom is 0.280 e. The molecule has 0 aliphatic heterocycles. The van der Waals surface area contributed by atoms with Crippen LogP contribution in [0.15, 0.2) is 27.2 Å². The third kappa shape index (κ3) is 2.79. The van der Waals surface area contributed by atoms with Gasteiger partial charge in [-0.3, -0.25) is 0 Å². The van der Waals surface area contributed by atoms with Gasteiger partial charge in [-0.2, -0.15) is 4.98 Å². The summed E-state index contributed by atoms with van der Waals surface area (Å²) in [6.45, 7) is 1.89. The summed E-state index contributed by atoms with van der Waals surface area (Å²) in [4.78, 5) is 4.47. The molecule has 0 bridgehead atoms. The molecule has 6 heteroatoms. The lowest BCUT2D eigenvalue weighted by molar-refractivity contribution is 0.369. The number of hydrogen-bond donors (Lipinski definition) is 1. The van der Waals surface area contributed by atoms with Gasteiger partial charge in [0.1, 0.15) is 11.5 Å². The van der Waals surface area contributed by atoms with Gasteiger partial charge < -0.3 is 14.2 Å². The van der Waals surface area contributed by atoms with Crippen LogP contribution in [0.4, 0.5) is 0 Å². The molecule has 0 atom stereocenters. The molecular formula is C18H19N3O3. The Bertz CT molecular complexity index is 866. The number of aromatic nitrogens is 3. The lowest BCUT2D eigenvalue weighted by atomic mass is 9.96. The van der Waals surface area contributed by atoms with E-state index in [0.717, 1.165) is 54.6 Å². The summed E-state index contributed by atoms with van der Waals surface area (Å²) in [5.74, 6) is 2.37. The van der Waals surface area contributed by atoms with Crippen LogP contribution in [0, 0.1) is 6.92 Å². The van der Waals surface area contributed by atoms with E-state index in [2.05, 4.69) is 15.3 Å². The van der Waals surface area contributed by atoms with Crippen LogP contribution in [-0.4, -0.2) is 20.4 Å². The van der Waals surface area contributed by atoms with Crippen molar-refractivity contribution in [2.45, 2.75) is 45.4 Å². The predicted octanol–water partition coefficient (Wildman–Crippen LogP) is 3.40. The normalized spacial score (nSPS) is 13.9. The highest BCUT2D eigenvalue weighted by molar-refractivity contribution is 5.54. The van der Waals surface area contributed by atoms with Crippen LogP contribution in [0.5, 0.6) is 5.75 Å². The fraction of sp³-hybridized carbons (Fsp3) is 0.389. The molecule has 1 aliphatic carbocycles. The first-order valence-corrected chi connectivity index (χ1v) is 8.29. The minimum atomic E-state index is 0.316.